The number of carbonyl (C=O) groups is 1. The van der Waals surface area contributed by atoms with Crippen LogP contribution < -0.4 is 9.64 Å². The first-order valence-electron chi connectivity index (χ1n) is 10.4. The zero-order valence-corrected chi connectivity index (χ0v) is 18.1. The quantitative estimate of drug-likeness (QED) is 0.438. The van der Waals surface area contributed by atoms with Gasteiger partial charge in [-0.2, -0.15) is 0 Å². The van der Waals surface area contributed by atoms with E-state index in [1.807, 2.05) is 59.5 Å². The van der Waals surface area contributed by atoms with Gasteiger partial charge in [-0.25, -0.2) is 4.98 Å². The normalized spacial score (nSPS) is 14.1. The smallest absolute Gasteiger partial charge is 0.254 e. The van der Waals surface area contributed by atoms with E-state index in [1.54, 1.807) is 11.3 Å². The molecule has 1 saturated heterocycles. The third-order valence-electron chi connectivity index (χ3n) is 5.43. The maximum atomic E-state index is 13.1. The Morgan fingerprint density at radius 3 is 2.48 bits per heavy atom. The number of benzene rings is 3. The number of ether oxygens (including phenoxy) is 1. The first kappa shape index (κ1) is 19.6. The van der Waals surface area contributed by atoms with Gasteiger partial charge in [0.05, 0.1) is 10.2 Å². The van der Waals surface area contributed by atoms with Crippen molar-refractivity contribution < 1.29 is 9.53 Å². The number of hydrogen-bond donors (Lipinski definition) is 0. The molecule has 1 fully saturated rings. The Labute approximate surface area is 185 Å². The largest absolute Gasteiger partial charge is 0.457 e. The summed E-state index contributed by atoms with van der Waals surface area (Å²) in [5.74, 6) is 1.46. The van der Waals surface area contributed by atoms with Gasteiger partial charge in [0.2, 0.25) is 0 Å². The molecule has 3 aromatic carbocycles. The molecule has 0 N–H and O–H groups in total. The average molecular weight is 430 g/mol. The highest BCUT2D eigenvalue weighted by molar-refractivity contribution is 7.22. The lowest BCUT2D eigenvalue weighted by atomic mass is 10.1. The van der Waals surface area contributed by atoms with E-state index in [0.717, 1.165) is 29.5 Å². The summed E-state index contributed by atoms with van der Waals surface area (Å²) >= 11 is 1.72. The number of hydrogen-bond acceptors (Lipinski definition) is 5. The molecule has 1 amide bonds. The third kappa shape index (κ3) is 4.25. The fourth-order valence-electron chi connectivity index (χ4n) is 3.76. The lowest BCUT2D eigenvalue weighted by molar-refractivity contribution is 0.0746. The lowest BCUT2D eigenvalue weighted by Gasteiger charge is -2.34. The molecule has 1 aromatic heterocycles. The molecular weight excluding hydrogens is 406 g/mol. The second-order valence-electron chi connectivity index (χ2n) is 7.69. The molecule has 0 radical (unpaired) electrons. The lowest BCUT2D eigenvalue weighted by Crippen LogP contribution is -2.48. The van der Waals surface area contributed by atoms with Gasteiger partial charge in [-0.1, -0.05) is 41.7 Å². The number of aromatic nitrogens is 1. The van der Waals surface area contributed by atoms with Gasteiger partial charge in [-0.3, -0.25) is 4.79 Å². The van der Waals surface area contributed by atoms with Gasteiger partial charge in [0.1, 0.15) is 11.5 Å². The highest BCUT2D eigenvalue weighted by atomic mass is 32.1. The van der Waals surface area contributed by atoms with Gasteiger partial charge in [0.15, 0.2) is 5.13 Å². The van der Waals surface area contributed by atoms with Crippen LogP contribution in [0.1, 0.15) is 15.9 Å². The number of rotatable bonds is 4. The number of thiazole rings is 1. The van der Waals surface area contributed by atoms with Crippen molar-refractivity contribution in [2.24, 2.45) is 0 Å². The number of anilines is 1. The minimum Gasteiger partial charge on any atom is -0.457 e. The van der Waals surface area contributed by atoms with Crippen molar-refractivity contribution >= 4 is 32.6 Å². The average Bonchev–Trinajstić information content (AvgIpc) is 3.23. The van der Waals surface area contributed by atoms with Crippen molar-refractivity contribution in [2.45, 2.75) is 6.92 Å². The Balaban J connectivity index is 1.25. The molecule has 0 saturated carbocycles. The topological polar surface area (TPSA) is 45.7 Å². The predicted octanol–water partition coefficient (Wildman–Crippen LogP) is 5.36. The Bertz CT molecular complexity index is 1210. The van der Waals surface area contributed by atoms with Crippen LogP contribution in [0.2, 0.25) is 0 Å². The zero-order chi connectivity index (χ0) is 21.2. The van der Waals surface area contributed by atoms with Crippen molar-refractivity contribution in [3.63, 3.8) is 0 Å². The van der Waals surface area contributed by atoms with Crippen LogP contribution in [0, 0.1) is 6.92 Å². The molecule has 2 heterocycles. The van der Waals surface area contributed by atoms with E-state index < -0.39 is 0 Å². The van der Waals surface area contributed by atoms with Crippen LogP contribution in [0.15, 0.2) is 72.8 Å². The fourth-order valence-corrected chi connectivity index (χ4v) is 4.87. The standard InChI is InChI=1S/C25H23N3O2S/c1-18-10-11-22-23(16-18)31-25(26-22)28-14-12-27(13-15-28)24(29)19-6-5-9-21(17-19)30-20-7-3-2-4-8-20/h2-11,16-17H,12-15H2,1H3. The number of aryl methyl sites for hydroxylation is 1. The van der Waals surface area contributed by atoms with E-state index in [9.17, 15) is 4.79 Å². The van der Waals surface area contributed by atoms with Crippen molar-refractivity contribution in [3.05, 3.63) is 83.9 Å². The number of nitrogens with zero attached hydrogens (tertiary/aromatic N) is 3. The highest BCUT2D eigenvalue weighted by Gasteiger charge is 2.24. The monoisotopic (exact) mass is 429 g/mol. The molecule has 0 bridgehead atoms. The Morgan fingerprint density at radius 1 is 0.903 bits per heavy atom. The van der Waals surface area contributed by atoms with Crippen LogP contribution in [0.4, 0.5) is 5.13 Å². The zero-order valence-electron chi connectivity index (χ0n) is 17.3. The molecule has 0 unspecified atom stereocenters. The molecular formula is C25H23N3O2S. The minimum atomic E-state index is 0.0399. The second kappa shape index (κ2) is 8.40. The molecule has 5 nitrogen and oxygen atoms in total. The summed E-state index contributed by atoms with van der Waals surface area (Å²) in [6.45, 7) is 5.02. The number of carbonyl (C=O) groups excluding carboxylic acids is 1. The number of para-hydroxylation sites is 1. The Hall–Kier alpha value is -3.38. The number of fused-ring (bicyclic) bond motifs is 1. The predicted molar refractivity (Wildman–Crippen MR) is 125 cm³/mol. The molecule has 0 spiro atoms. The first-order chi connectivity index (χ1) is 15.2. The van der Waals surface area contributed by atoms with Crippen molar-refractivity contribution in [1.29, 1.82) is 0 Å². The summed E-state index contributed by atoms with van der Waals surface area (Å²) in [4.78, 5) is 22.0. The van der Waals surface area contributed by atoms with Gasteiger partial charge in [-0.15, -0.1) is 0 Å². The number of piperazine rings is 1. The van der Waals surface area contributed by atoms with Gasteiger partial charge >= 0.3 is 0 Å². The fraction of sp³-hybridized carbons (Fsp3) is 0.200. The van der Waals surface area contributed by atoms with Crippen molar-refractivity contribution in [1.82, 2.24) is 9.88 Å². The van der Waals surface area contributed by atoms with E-state index in [-0.39, 0.29) is 5.91 Å². The molecule has 0 aliphatic carbocycles. The van der Waals surface area contributed by atoms with Crippen LogP contribution in [0.25, 0.3) is 10.2 Å². The molecule has 5 rings (SSSR count). The van der Waals surface area contributed by atoms with Gasteiger partial charge in [0.25, 0.3) is 5.91 Å². The molecule has 4 aromatic rings. The van der Waals surface area contributed by atoms with Crippen LogP contribution in [0.3, 0.4) is 0 Å². The van der Waals surface area contributed by atoms with E-state index in [2.05, 4.69) is 30.0 Å². The summed E-state index contributed by atoms with van der Waals surface area (Å²) < 4.78 is 7.09. The van der Waals surface area contributed by atoms with E-state index in [1.165, 1.54) is 10.3 Å². The van der Waals surface area contributed by atoms with Gasteiger partial charge in [0, 0.05) is 31.7 Å². The van der Waals surface area contributed by atoms with Crippen LogP contribution in [-0.4, -0.2) is 42.0 Å². The molecule has 0 atom stereocenters. The SMILES string of the molecule is Cc1ccc2nc(N3CCN(C(=O)c4cccc(Oc5ccccc5)c4)CC3)sc2c1. The molecule has 156 valence electrons. The van der Waals surface area contributed by atoms with Crippen LogP contribution in [0.5, 0.6) is 11.5 Å². The highest BCUT2D eigenvalue weighted by Crippen LogP contribution is 2.30. The van der Waals surface area contributed by atoms with E-state index in [4.69, 9.17) is 9.72 Å². The van der Waals surface area contributed by atoms with Gasteiger partial charge in [-0.05, 0) is 55.0 Å². The van der Waals surface area contributed by atoms with E-state index in [0.29, 0.717) is 24.4 Å². The summed E-state index contributed by atoms with van der Waals surface area (Å²) in [6, 6.07) is 23.4. The maximum absolute atomic E-state index is 13.1. The van der Waals surface area contributed by atoms with E-state index >= 15 is 0 Å². The number of amides is 1. The summed E-state index contributed by atoms with van der Waals surface area (Å²) in [7, 11) is 0. The first-order valence-corrected chi connectivity index (χ1v) is 11.2. The van der Waals surface area contributed by atoms with Crippen LogP contribution in [-0.2, 0) is 0 Å². The Kier molecular flexibility index (Phi) is 5.30. The van der Waals surface area contributed by atoms with Gasteiger partial charge < -0.3 is 14.5 Å². The summed E-state index contributed by atoms with van der Waals surface area (Å²) in [6.07, 6.45) is 0. The summed E-state index contributed by atoms with van der Waals surface area (Å²) in [5, 5.41) is 1.03. The molecule has 1 aliphatic heterocycles. The molecule has 31 heavy (non-hydrogen) atoms. The second-order valence-corrected chi connectivity index (χ2v) is 8.70. The van der Waals surface area contributed by atoms with Crippen molar-refractivity contribution in [3.8, 4) is 11.5 Å². The third-order valence-corrected chi connectivity index (χ3v) is 6.51. The minimum absolute atomic E-state index is 0.0399. The van der Waals surface area contributed by atoms with Crippen LogP contribution >= 0.6 is 11.3 Å². The maximum Gasteiger partial charge on any atom is 0.254 e. The molecule has 6 heteroatoms. The molecule has 1 aliphatic rings. The summed E-state index contributed by atoms with van der Waals surface area (Å²) in [5.41, 5.74) is 2.94. The van der Waals surface area contributed by atoms with Crippen molar-refractivity contribution in [2.75, 3.05) is 31.1 Å². The Morgan fingerprint density at radius 2 is 1.68 bits per heavy atom.